The van der Waals surface area contributed by atoms with Crippen molar-refractivity contribution >= 4 is 5.97 Å². The first-order valence-electron chi connectivity index (χ1n) is 6.49. The summed E-state index contributed by atoms with van der Waals surface area (Å²) in [5.74, 6) is 0.0580. The Kier molecular flexibility index (Phi) is 3.71. The number of likely N-dealkylation sites (tertiary alicyclic amines) is 1. The van der Waals surface area contributed by atoms with E-state index in [2.05, 4.69) is 5.16 Å². The van der Waals surface area contributed by atoms with E-state index in [0.29, 0.717) is 13.0 Å². The molecule has 2 rings (SSSR count). The number of carboxylic acid groups (broad SMARTS) is 1. The maximum absolute atomic E-state index is 11.6. The fourth-order valence-electron chi connectivity index (χ4n) is 2.90. The molecule has 0 amide bonds. The molecule has 1 aromatic heterocycles. The largest absolute Gasteiger partial charge is 0.480 e. The summed E-state index contributed by atoms with van der Waals surface area (Å²) in [6.45, 7) is 5.25. The van der Waals surface area contributed by atoms with Crippen LogP contribution in [-0.2, 0) is 11.3 Å². The second-order valence-electron chi connectivity index (χ2n) is 5.04. The molecular weight excluding hydrogens is 232 g/mol. The van der Waals surface area contributed by atoms with Gasteiger partial charge in [0, 0.05) is 12.6 Å². The maximum atomic E-state index is 11.6. The van der Waals surface area contributed by atoms with Gasteiger partial charge in [-0.25, -0.2) is 0 Å². The smallest absolute Gasteiger partial charge is 0.324 e. The zero-order chi connectivity index (χ0) is 13.2. The van der Waals surface area contributed by atoms with Gasteiger partial charge < -0.3 is 9.63 Å². The van der Waals surface area contributed by atoms with Gasteiger partial charge in [-0.15, -0.1) is 0 Å². The van der Waals surface area contributed by atoms with Crippen LogP contribution in [0.3, 0.4) is 0 Å². The molecule has 1 atom stereocenters. The van der Waals surface area contributed by atoms with Gasteiger partial charge in [0.2, 0.25) is 0 Å². The van der Waals surface area contributed by atoms with Gasteiger partial charge in [-0.3, -0.25) is 9.69 Å². The molecule has 0 radical (unpaired) electrons. The Morgan fingerprint density at radius 3 is 3.00 bits per heavy atom. The number of carboxylic acids is 1. The number of nitrogens with zero attached hydrogens (tertiary/aromatic N) is 2. The van der Waals surface area contributed by atoms with Crippen LogP contribution >= 0.6 is 0 Å². The van der Waals surface area contributed by atoms with Crippen LogP contribution in [0.25, 0.3) is 0 Å². The molecule has 100 valence electrons. The summed E-state index contributed by atoms with van der Waals surface area (Å²) in [4.78, 5) is 13.7. The Labute approximate surface area is 107 Å². The molecule has 5 nitrogen and oxygen atoms in total. The van der Waals surface area contributed by atoms with E-state index in [1.807, 2.05) is 24.8 Å². The van der Waals surface area contributed by atoms with Gasteiger partial charge in [0.1, 0.15) is 11.3 Å². The van der Waals surface area contributed by atoms with Crippen LogP contribution in [0.4, 0.5) is 0 Å². The van der Waals surface area contributed by atoms with E-state index in [4.69, 9.17) is 4.52 Å². The third-order valence-corrected chi connectivity index (χ3v) is 3.72. The lowest BCUT2D eigenvalue weighted by Gasteiger charge is -2.34. The predicted molar refractivity (Wildman–Crippen MR) is 66.2 cm³/mol. The molecule has 5 heteroatoms. The molecule has 0 bridgehead atoms. The summed E-state index contributed by atoms with van der Waals surface area (Å²) < 4.78 is 5.04. The third kappa shape index (κ3) is 2.27. The van der Waals surface area contributed by atoms with Crippen molar-refractivity contribution in [1.82, 2.24) is 10.1 Å². The molecule has 0 spiro atoms. The summed E-state index contributed by atoms with van der Waals surface area (Å²) in [5.41, 5.74) is 0.109. The molecule has 1 unspecified atom stereocenters. The van der Waals surface area contributed by atoms with E-state index in [1.54, 1.807) is 0 Å². The van der Waals surface area contributed by atoms with Crippen molar-refractivity contribution in [2.24, 2.45) is 0 Å². The highest BCUT2D eigenvalue weighted by atomic mass is 16.5. The van der Waals surface area contributed by atoms with Crippen LogP contribution in [0.2, 0.25) is 0 Å². The van der Waals surface area contributed by atoms with Gasteiger partial charge in [-0.2, -0.15) is 0 Å². The van der Waals surface area contributed by atoms with Gasteiger partial charge in [-0.1, -0.05) is 18.5 Å². The lowest BCUT2D eigenvalue weighted by Crippen LogP contribution is -2.50. The highest BCUT2D eigenvalue weighted by molar-refractivity contribution is 5.79. The number of aromatic nitrogens is 1. The highest BCUT2D eigenvalue weighted by Gasteiger charge is 2.46. The Morgan fingerprint density at radius 2 is 2.44 bits per heavy atom. The lowest BCUT2D eigenvalue weighted by atomic mass is 9.90. The molecule has 1 saturated heterocycles. The molecule has 1 aliphatic heterocycles. The van der Waals surface area contributed by atoms with Crippen molar-refractivity contribution in [3.8, 4) is 0 Å². The fourth-order valence-corrected chi connectivity index (χ4v) is 2.90. The average molecular weight is 252 g/mol. The molecule has 1 aliphatic rings. The minimum absolute atomic E-state index is 0.559. The first-order chi connectivity index (χ1) is 8.58. The molecule has 1 aromatic rings. The van der Waals surface area contributed by atoms with Crippen molar-refractivity contribution in [3.63, 3.8) is 0 Å². The van der Waals surface area contributed by atoms with E-state index < -0.39 is 11.5 Å². The van der Waals surface area contributed by atoms with Crippen molar-refractivity contribution < 1.29 is 14.4 Å². The highest BCUT2D eigenvalue weighted by Crippen LogP contribution is 2.35. The molecule has 1 N–H and O–H groups in total. The van der Waals surface area contributed by atoms with E-state index in [1.165, 1.54) is 0 Å². The minimum Gasteiger partial charge on any atom is -0.480 e. The second kappa shape index (κ2) is 5.10. The maximum Gasteiger partial charge on any atom is 0.324 e. The van der Waals surface area contributed by atoms with E-state index in [9.17, 15) is 9.90 Å². The molecule has 0 saturated carbocycles. The van der Waals surface area contributed by atoms with Gasteiger partial charge >= 0.3 is 5.97 Å². The first-order valence-corrected chi connectivity index (χ1v) is 6.49. The normalized spacial score (nSPS) is 24.6. The first kappa shape index (κ1) is 13.1. The van der Waals surface area contributed by atoms with Crippen LogP contribution in [0.1, 0.15) is 44.1 Å². The molecule has 18 heavy (non-hydrogen) atoms. The zero-order valence-corrected chi connectivity index (χ0v) is 11.0. The Morgan fingerprint density at radius 1 is 1.67 bits per heavy atom. The van der Waals surface area contributed by atoms with Crippen LogP contribution in [-0.4, -0.2) is 33.2 Å². The Hall–Kier alpha value is -1.36. The number of carbonyl (C=O) groups is 1. The van der Waals surface area contributed by atoms with E-state index in [0.717, 1.165) is 37.3 Å². The molecular formula is C13H20N2O3. The number of aryl methyl sites for hydroxylation is 1. The average Bonchev–Trinajstić information content (AvgIpc) is 2.88. The van der Waals surface area contributed by atoms with Crippen molar-refractivity contribution in [2.45, 2.75) is 51.6 Å². The van der Waals surface area contributed by atoms with Gasteiger partial charge in [0.15, 0.2) is 0 Å². The van der Waals surface area contributed by atoms with Crippen LogP contribution in [0, 0.1) is 6.92 Å². The number of aliphatic carboxylic acids is 1. The minimum atomic E-state index is -0.707. The van der Waals surface area contributed by atoms with Crippen molar-refractivity contribution in [2.75, 3.05) is 6.54 Å². The molecule has 0 aromatic carbocycles. The van der Waals surface area contributed by atoms with Crippen LogP contribution in [0.15, 0.2) is 10.6 Å². The Bertz CT molecular complexity index is 430. The van der Waals surface area contributed by atoms with Crippen molar-refractivity contribution in [1.29, 1.82) is 0 Å². The van der Waals surface area contributed by atoms with Gasteiger partial charge in [0.25, 0.3) is 0 Å². The number of hydrogen-bond acceptors (Lipinski definition) is 4. The molecule has 0 aliphatic carbocycles. The molecule has 2 heterocycles. The summed E-state index contributed by atoms with van der Waals surface area (Å²) >= 11 is 0. The standard InChI is InChI=1S/C13H20N2O3/c1-3-5-13(12(16)17)6-4-7-15(13)9-11-8-10(2)18-14-11/h8H,3-7,9H2,1-2H3,(H,16,17). The van der Waals surface area contributed by atoms with Crippen LogP contribution in [0.5, 0.6) is 0 Å². The van der Waals surface area contributed by atoms with E-state index in [-0.39, 0.29) is 0 Å². The third-order valence-electron chi connectivity index (χ3n) is 3.72. The zero-order valence-electron chi connectivity index (χ0n) is 11.0. The fraction of sp³-hybridized carbons (Fsp3) is 0.692. The van der Waals surface area contributed by atoms with Gasteiger partial charge in [0.05, 0.1) is 5.69 Å². The number of hydrogen-bond donors (Lipinski definition) is 1. The quantitative estimate of drug-likeness (QED) is 0.870. The lowest BCUT2D eigenvalue weighted by molar-refractivity contribution is -0.150. The molecule has 1 fully saturated rings. The summed E-state index contributed by atoms with van der Waals surface area (Å²) in [6, 6.07) is 1.87. The summed E-state index contributed by atoms with van der Waals surface area (Å²) in [7, 11) is 0. The summed E-state index contributed by atoms with van der Waals surface area (Å²) in [6.07, 6.45) is 3.23. The Balaban J connectivity index is 2.17. The van der Waals surface area contributed by atoms with E-state index >= 15 is 0 Å². The predicted octanol–water partition coefficient (Wildman–Crippen LogP) is 2.20. The second-order valence-corrected chi connectivity index (χ2v) is 5.04. The monoisotopic (exact) mass is 252 g/mol. The van der Waals surface area contributed by atoms with Crippen LogP contribution < -0.4 is 0 Å². The SMILES string of the molecule is CCCC1(C(=O)O)CCCN1Cc1cc(C)on1. The van der Waals surface area contributed by atoms with Crippen molar-refractivity contribution in [3.05, 3.63) is 17.5 Å². The summed E-state index contributed by atoms with van der Waals surface area (Å²) in [5, 5.41) is 13.5. The topological polar surface area (TPSA) is 66.6 Å². The van der Waals surface area contributed by atoms with Gasteiger partial charge in [-0.05, 0) is 32.7 Å². The number of rotatable bonds is 5.